The summed E-state index contributed by atoms with van der Waals surface area (Å²) in [5.74, 6) is -0.902. The number of aromatic nitrogens is 1. The number of carboxylic acid groups (broad SMARTS) is 1. The van der Waals surface area contributed by atoms with Gasteiger partial charge in [-0.2, -0.15) is 0 Å². The highest BCUT2D eigenvalue weighted by Gasteiger charge is 2.13. The van der Waals surface area contributed by atoms with Gasteiger partial charge in [0.05, 0.1) is 11.4 Å². The van der Waals surface area contributed by atoms with E-state index in [1.807, 2.05) is 13.8 Å². The maximum atomic E-state index is 12.1. The van der Waals surface area contributed by atoms with Gasteiger partial charge in [0.15, 0.2) is 0 Å². The standard InChI is InChI=1S/C15H16N2O3S/c1-9(2)15-17-12(8-21-15)14(20)16-11-5-3-4-10(6-11)7-13(18)19/h3-6,8-9H,7H2,1-2H3,(H,16,20)(H,18,19). The first kappa shape index (κ1) is 15.2. The van der Waals surface area contributed by atoms with Crippen LogP contribution >= 0.6 is 11.3 Å². The smallest absolute Gasteiger partial charge is 0.307 e. The minimum atomic E-state index is -0.903. The topological polar surface area (TPSA) is 79.3 Å². The maximum Gasteiger partial charge on any atom is 0.307 e. The molecular formula is C15H16N2O3S. The summed E-state index contributed by atoms with van der Waals surface area (Å²) < 4.78 is 0. The van der Waals surface area contributed by atoms with Crippen molar-refractivity contribution >= 4 is 28.9 Å². The van der Waals surface area contributed by atoms with Crippen molar-refractivity contribution in [2.45, 2.75) is 26.2 Å². The van der Waals surface area contributed by atoms with Gasteiger partial charge in [-0.25, -0.2) is 4.98 Å². The van der Waals surface area contributed by atoms with Crippen LogP contribution in [0.5, 0.6) is 0 Å². The Morgan fingerprint density at radius 3 is 2.76 bits per heavy atom. The molecule has 0 atom stereocenters. The molecule has 0 radical (unpaired) electrons. The van der Waals surface area contributed by atoms with Gasteiger partial charge in [0, 0.05) is 17.0 Å². The summed E-state index contributed by atoms with van der Waals surface area (Å²) in [6, 6.07) is 6.80. The number of benzene rings is 1. The van der Waals surface area contributed by atoms with Gasteiger partial charge in [0.1, 0.15) is 5.69 Å². The zero-order valence-corrected chi connectivity index (χ0v) is 12.6. The average Bonchev–Trinajstić information content (AvgIpc) is 2.88. The SMILES string of the molecule is CC(C)c1nc(C(=O)Nc2cccc(CC(=O)O)c2)cs1. The fourth-order valence-corrected chi connectivity index (χ4v) is 2.60. The normalized spacial score (nSPS) is 10.6. The quantitative estimate of drug-likeness (QED) is 0.889. The van der Waals surface area contributed by atoms with Crippen LogP contribution < -0.4 is 5.32 Å². The van der Waals surface area contributed by atoms with Crippen molar-refractivity contribution in [1.82, 2.24) is 4.98 Å². The van der Waals surface area contributed by atoms with Gasteiger partial charge >= 0.3 is 5.97 Å². The van der Waals surface area contributed by atoms with Gasteiger partial charge in [0.2, 0.25) is 0 Å². The Morgan fingerprint density at radius 1 is 1.38 bits per heavy atom. The molecule has 0 saturated heterocycles. The predicted octanol–water partition coefficient (Wildman–Crippen LogP) is 3.15. The van der Waals surface area contributed by atoms with E-state index in [1.54, 1.807) is 29.6 Å². The molecule has 5 nitrogen and oxygen atoms in total. The number of amides is 1. The molecule has 0 aliphatic heterocycles. The number of hydrogen-bond acceptors (Lipinski definition) is 4. The molecule has 2 rings (SSSR count). The summed E-state index contributed by atoms with van der Waals surface area (Å²) >= 11 is 1.46. The summed E-state index contributed by atoms with van der Waals surface area (Å²) in [7, 11) is 0. The lowest BCUT2D eigenvalue weighted by Crippen LogP contribution is -2.13. The summed E-state index contributed by atoms with van der Waals surface area (Å²) in [5.41, 5.74) is 1.59. The second-order valence-corrected chi connectivity index (χ2v) is 5.84. The van der Waals surface area contributed by atoms with Crippen LogP contribution in [0.3, 0.4) is 0 Å². The molecule has 1 heterocycles. The predicted molar refractivity (Wildman–Crippen MR) is 81.9 cm³/mol. The fourth-order valence-electron chi connectivity index (χ4n) is 1.79. The molecule has 21 heavy (non-hydrogen) atoms. The van der Waals surface area contributed by atoms with E-state index >= 15 is 0 Å². The summed E-state index contributed by atoms with van der Waals surface area (Å²) in [5, 5.41) is 14.2. The van der Waals surface area contributed by atoms with Crippen LogP contribution in [0.25, 0.3) is 0 Å². The van der Waals surface area contributed by atoms with E-state index in [1.165, 1.54) is 11.3 Å². The number of rotatable bonds is 5. The van der Waals surface area contributed by atoms with Gasteiger partial charge in [-0.1, -0.05) is 26.0 Å². The van der Waals surface area contributed by atoms with E-state index < -0.39 is 5.97 Å². The van der Waals surface area contributed by atoms with Gasteiger partial charge in [0.25, 0.3) is 5.91 Å². The number of aliphatic carboxylic acids is 1. The third-order valence-corrected chi connectivity index (χ3v) is 3.93. The molecule has 0 spiro atoms. The number of carbonyl (C=O) groups excluding carboxylic acids is 1. The van der Waals surface area contributed by atoms with Gasteiger partial charge in [-0.15, -0.1) is 11.3 Å². The Bertz CT molecular complexity index is 664. The minimum absolute atomic E-state index is 0.0715. The third-order valence-electron chi connectivity index (χ3n) is 2.79. The molecule has 0 unspecified atom stereocenters. The van der Waals surface area contributed by atoms with Gasteiger partial charge in [-0.3, -0.25) is 9.59 Å². The second kappa shape index (κ2) is 6.49. The van der Waals surface area contributed by atoms with E-state index in [2.05, 4.69) is 10.3 Å². The lowest BCUT2D eigenvalue weighted by atomic mass is 10.1. The van der Waals surface area contributed by atoms with Gasteiger partial charge < -0.3 is 10.4 Å². The van der Waals surface area contributed by atoms with E-state index in [-0.39, 0.29) is 18.2 Å². The molecule has 0 bridgehead atoms. The third kappa shape index (κ3) is 4.13. The molecule has 0 saturated carbocycles. The molecule has 2 aromatic rings. The number of carbonyl (C=O) groups is 2. The Labute approximate surface area is 126 Å². The Morgan fingerprint density at radius 2 is 2.14 bits per heavy atom. The van der Waals surface area contributed by atoms with Crippen LogP contribution in [0.15, 0.2) is 29.6 Å². The second-order valence-electron chi connectivity index (χ2n) is 4.95. The summed E-state index contributed by atoms with van der Waals surface area (Å²) in [6.45, 7) is 4.05. The number of nitrogens with one attached hydrogen (secondary N) is 1. The lowest BCUT2D eigenvalue weighted by molar-refractivity contribution is -0.136. The lowest BCUT2D eigenvalue weighted by Gasteiger charge is -2.05. The zero-order valence-electron chi connectivity index (χ0n) is 11.8. The molecule has 110 valence electrons. The summed E-state index contributed by atoms with van der Waals surface area (Å²) in [4.78, 5) is 27.1. The number of anilines is 1. The van der Waals surface area contributed by atoms with Crippen LogP contribution in [0.2, 0.25) is 0 Å². The highest BCUT2D eigenvalue weighted by Crippen LogP contribution is 2.20. The molecule has 1 amide bonds. The average molecular weight is 304 g/mol. The monoisotopic (exact) mass is 304 g/mol. The van der Waals surface area contributed by atoms with E-state index in [9.17, 15) is 9.59 Å². The van der Waals surface area contributed by atoms with Crippen molar-refractivity contribution in [1.29, 1.82) is 0 Å². The van der Waals surface area contributed by atoms with Crippen LogP contribution in [0.4, 0.5) is 5.69 Å². The highest BCUT2D eigenvalue weighted by molar-refractivity contribution is 7.09. The molecule has 1 aromatic heterocycles. The van der Waals surface area contributed by atoms with Crippen LogP contribution in [-0.4, -0.2) is 22.0 Å². The van der Waals surface area contributed by atoms with E-state index in [4.69, 9.17) is 5.11 Å². The zero-order chi connectivity index (χ0) is 15.4. The number of nitrogens with zero attached hydrogens (tertiary/aromatic N) is 1. The van der Waals surface area contributed by atoms with Crippen molar-refractivity contribution in [3.8, 4) is 0 Å². The van der Waals surface area contributed by atoms with Crippen molar-refractivity contribution in [3.63, 3.8) is 0 Å². The minimum Gasteiger partial charge on any atom is -0.481 e. The Balaban J connectivity index is 2.09. The Kier molecular flexibility index (Phi) is 4.70. The largest absolute Gasteiger partial charge is 0.481 e. The molecule has 0 aliphatic carbocycles. The van der Waals surface area contributed by atoms with E-state index in [0.29, 0.717) is 16.9 Å². The Hall–Kier alpha value is -2.21. The van der Waals surface area contributed by atoms with Gasteiger partial charge in [-0.05, 0) is 17.7 Å². The van der Waals surface area contributed by atoms with Crippen molar-refractivity contribution in [2.24, 2.45) is 0 Å². The molecule has 1 aromatic carbocycles. The summed E-state index contributed by atoms with van der Waals surface area (Å²) in [6.07, 6.45) is -0.0715. The first-order chi connectivity index (χ1) is 9.95. The number of hydrogen-bond donors (Lipinski definition) is 2. The fraction of sp³-hybridized carbons (Fsp3) is 0.267. The molecule has 0 aliphatic rings. The van der Waals surface area contributed by atoms with Crippen LogP contribution in [0.1, 0.15) is 40.8 Å². The van der Waals surface area contributed by atoms with Crippen LogP contribution in [0, 0.1) is 0 Å². The highest BCUT2D eigenvalue weighted by atomic mass is 32.1. The van der Waals surface area contributed by atoms with E-state index in [0.717, 1.165) is 5.01 Å². The van der Waals surface area contributed by atoms with Crippen molar-refractivity contribution < 1.29 is 14.7 Å². The first-order valence-electron chi connectivity index (χ1n) is 6.53. The van der Waals surface area contributed by atoms with Crippen molar-refractivity contribution in [2.75, 3.05) is 5.32 Å². The maximum absolute atomic E-state index is 12.1. The molecular weight excluding hydrogens is 288 g/mol. The number of thiazole rings is 1. The molecule has 2 N–H and O–H groups in total. The molecule has 6 heteroatoms. The number of carboxylic acids is 1. The van der Waals surface area contributed by atoms with Crippen LogP contribution in [-0.2, 0) is 11.2 Å². The molecule has 0 fully saturated rings. The first-order valence-corrected chi connectivity index (χ1v) is 7.41. The van der Waals surface area contributed by atoms with Crippen molar-refractivity contribution in [3.05, 3.63) is 45.9 Å².